The highest BCUT2D eigenvalue weighted by molar-refractivity contribution is 6.36. The zero-order chi connectivity index (χ0) is 52.3. The second kappa shape index (κ2) is 22.2. The molecule has 1 atom stereocenters. The number of anilines is 2. The van der Waals surface area contributed by atoms with Crippen molar-refractivity contribution in [3.05, 3.63) is 113 Å². The van der Waals surface area contributed by atoms with Crippen LogP contribution in [-0.4, -0.2) is 138 Å². The number of piperidine rings is 2. The topological polar surface area (TPSA) is 201 Å². The number of carbonyl (C=O) groups is 2. The maximum atomic E-state index is 13.9. The molecule has 3 fully saturated rings. The number of carbonyl (C=O) groups excluding carboxylic acids is 2. The first-order valence-electron chi connectivity index (χ1n) is 26.2. The van der Waals surface area contributed by atoms with Crippen LogP contribution < -0.4 is 14.5 Å². The maximum absolute atomic E-state index is 13.9. The summed E-state index contributed by atoms with van der Waals surface area (Å²) in [6.07, 6.45) is 6.50. The molecule has 3 saturated heterocycles. The van der Waals surface area contributed by atoms with Crippen LogP contribution in [0.4, 0.5) is 11.5 Å². The van der Waals surface area contributed by atoms with E-state index in [1.54, 1.807) is 11.0 Å². The van der Waals surface area contributed by atoms with Gasteiger partial charge in [0.1, 0.15) is 23.9 Å². The average Bonchev–Trinajstić information content (AvgIpc) is 3.81. The van der Waals surface area contributed by atoms with Gasteiger partial charge in [0.25, 0.3) is 0 Å². The number of fused-ring (bicyclic) bond motifs is 2. The molecule has 4 aromatic carbocycles. The summed E-state index contributed by atoms with van der Waals surface area (Å²) >= 11 is 6.79. The third-order valence-corrected chi connectivity index (χ3v) is 16.0. The Morgan fingerprint density at radius 2 is 1.65 bits per heavy atom. The van der Waals surface area contributed by atoms with Crippen LogP contribution in [-0.2, 0) is 29.0 Å². The van der Waals surface area contributed by atoms with Crippen LogP contribution in [0.2, 0.25) is 5.02 Å². The maximum Gasteiger partial charge on any atom is 0.319 e. The number of phenolic OH excluding ortho intramolecular Hbond substituents is 2. The molecular formula is C57H64ClN11O6. The Hall–Kier alpha value is -7.42. The number of phenols is 2. The van der Waals surface area contributed by atoms with Crippen LogP contribution in [0, 0.1) is 23.2 Å². The van der Waals surface area contributed by atoms with Crippen LogP contribution in [0.1, 0.15) is 74.3 Å². The number of aromatic hydroxyl groups is 3. The van der Waals surface area contributed by atoms with E-state index in [-0.39, 0.29) is 59.4 Å². The van der Waals surface area contributed by atoms with Gasteiger partial charge in [-0.1, -0.05) is 73.5 Å². The van der Waals surface area contributed by atoms with E-state index >= 15 is 0 Å². The average molecular weight is 1030 g/mol. The zero-order valence-corrected chi connectivity index (χ0v) is 43.4. The van der Waals surface area contributed by atoms with Crippen molar-refractivity contribution in [2.24, 2.45) is 11.8 Å². The summed E-state index contributed by atoms with van der Waals surface area (Å²) in [5.74, 6) is 1.37. The number of ether oxygens (including phenoxy) is 1. The molecule has 2 aromatic heterocycles. The second-order valence-corrected chi connectivity index (χ2v) is 21.0. The Labute approximate surface area is 442 Å². The number of nitriles is 1. The number of piperazine rings is 1. The monoisotopic (exact) mass is 1030 g/mol. The van der Waals surface area contributed by atoms with E-state index in [0.717, 1.165) is 104 Å². The second-order valence-electron chi connectivity index (χ2n) is 20.6. The van der Waals surface area contributed by atoms with Crippen molar-refractivity contribution in [2.75, 3.05) is 75.3 Å². The fraction of sp³-hybridized carbons (Fsp3) is 0.421. The van der Waals surface area contributed by atoms with E-state index in [4.69, 9.17) is 26.3 Å². The number of nitrogens with zero attached hydrogens (tertiary/aromatic N) is 11. The lowest BCUT2D eigenvalue weighted by molar-refractivity contribution is -0.138. The number of hydrogen-bond donors (Lipinski definition) is 3. The van der Waals surface area contributed by atoms with Crippen LogP contribution in [0.3, 0.4) is 0 Å². The van der Waals surface area contributed by atoms with Crippen LogP contribution in [0.25, 0.3) is 27.8 Å². The Bertz CT molecular complexity index is 3120. The molecule has 6 heterocycles. The molecule has 0 radical (unpaired) electrons. The summed E-state index contributed by atoms with van der Waals surface area (Å²) in [5, 5.41) is 52.4. The Morgan fingerprint density at radius 1 is 0.893 bits per heavy atom. The van der Waals surface area contributed by atoms with E-state index in [9.17, 15) is 30.2 Å². The van der Waals surface area contributed by atoms with Crippen molar-refractivity contribution >= 4 is 45.7 Å². The molecule has 0 aliphatic carbocycles. The van der Waals surface area contributed by atoms with Gasteiger partial charge < -0.3 is 39.7 Å². The van der Waals surface area contributed by atoms with Gasteiger partial charge in [0.2, 0.25) is 11.8 Å². The Kier molecular flexibility index (Phi) is 15.1. The predicted octanol–water partition coefficient (Wildman–Crippen LogP) is 8.02. The van der Waals surface area contributed by atoms with Crippen molar-refractivity contribution in [3.8, 4) is 46.7 Å². The van der Waals surface area contributed by atoms with Gasteiger partial charge in [-0.15, -0.1) is 5.10 Å². The summed E-state index contributed by atoms with van der Waals surface area (Å²) in [6, 6.07) is 25.0. The Morgan fingerprint density at radius 3 is 2.39 bits per heavy atom. The van der Waals surface area contributed by atoms with E-state index in [0.29, 0.717) is 79.5 Å². The van der Waals surface area contributed by atoms with Gasteiger partial charge in [0, 0.05) is 74.4 Å². The van der Waals surface area contributed by atoms with E-state index in [1.165, 1.54) is 16.7 Å². The largest absolute Gasteiger partial charge is 0.508 e. The first-order valence-corrected chi connectivity index (χ1v) is 26.6. The summed E-state index contributed by atoms with van der Waals surface area (Å²) < 4.78 is 7.89. The molecule has 0 saturated carbocycles. The van der Waals surface area contributed by atoms with Crippen LogP contribution in [0.5, 0.6) is 23.5 Å². The zero-order valence-electron chi connectivity index (χ0n) is 42.6. The first-order chi connectivity index (χ1) is 36.4. The van der Waals surface area contributed by atoms with Crippen LogP contribution >= 0.6 is 11.6 Å². The number of likely N-dealkylation sites (tertiary alicyclic amines) is 2. The quantitative estimate of drug-likeness (QED) is 0.0886. The molecular weight excluding hydrogens is 970 g/mol. The highest BCUT2D eigenvalue weighted by atomic mass is 35.5. The molecule has 4 aliphatic heterocycles. The number of amides is 2. The van der Waals surface area contributed by atoms with E-state index in [2.05, 4.69) is 66.7 Å². The van der Waals surface area contributed by atoms with Crippen molar-refractivity contribution in [2.45, 2.75) is 77.3 Å². The van der Waals surface area contributed by atoms with Gasteiger partial charge in [-0.2, -0.15) is 15.2 Å². The SMILES string of the molecule is C=CC(=O)N1CCN(c2nc(OCCN3CCC(C(=O)N4CCC(Cc5ccc(-n6c(O)nnc6-c6cc(C(C)C)c(O)cc6O)cc5)CC4)CC3)nc3c2CCN(c2cccc4cccc(Cl)c24)C3)C[C@@H]1CC#N. The number of hydrogen-bond acceptors (Lipinski definition) is 14. The summed E-state index contributed by atoms with van der Waals surface area (Å²) in [6.45, 7) is 14.4. The smallest absolute Gasteiger partial charge is 0.319 e. The molecule has 0 unspecified atom stereocenters. The predicted molar refractivity (Wildman–Crippen MR) is 287 cm³/mol. The van der Waals surface area contributed by atoms with Gasteiger partial charge in [0.15, 0.2) is 5.82 Å². The van der Waals surface area contributed by atoms with Crippen molar-refractivity contribution in [3.63, 3.8) is 0 Å². The molecule has 2 amide bonds. The minimum Gasteiger partial charge on any atom is -0.508 e. The molecule has 10 rings (SSSR count). The molecule has 0 bridgehead atoms. The summed E-state index contributed by atoms with van der Waals surface area (Å²) in [4.78, 5) is 47.4. The summed E-state index contributed by atoms with van der Waals surface area (Å²) in [7, 11) is 0. The minimum absolute atomic E-state index is 0.00156. The minimum atomic E-state index is -0.309. The van der Waals surface area contributed by atoms with E-state index in [1.807, 2.05) is 50.2 Å². The van der Waals surface area contributed by atoms with Gasteiger partial charge >= 0.3 is 12.0 Å². The van der Waals surface area contributed by atoms with Gasteiger partial charge in [-0.3, -0.25) is 14.5 Å². The van der Waals surface area contributed by atoms with Crippen molar-refractivity contribution in [1.82, 2.24) is 39.4 Å². The van der Waals surface area contributed by atoms with Gasteiger partial charge in [0.05, 0.1) is 47.0 Å². The fourth-order valence-electron chi connectivity index (χ4n) is 11.5. The molecule has 18 heteroatoms. The number of rotatable bonds is 14. The molecule has 0 spiro atoms. The third-order valence-electron chi connectivity index (χ3n) is 15.6. The molecule has 3 N–H and O–H groups in total. The fourth-order valence-corrected chi connectivity index (χ4v) is 11.8. The molecule has 17 nitrogen and oxygen atoms in total. The Balaban J connectivity index is 0.732. The molecule has 75 heavy (non-hydrogen) atoms. The lowest BCUT2D eigenvalue weighted by Crippen LogP contribution is -2.55. The highest BCUT2D eigenvalue weighted by Gasteiger charge is 2.35. The number of halogens is 1. The van der Waals surface area contributed by atoms with E-state index < -0.39 is 0 Å². The lowest BCUT2D eigenvalue weighted by Gasteiger charge is -2.42. The highest BCUT2D eigenvalue weighted by Crippen LogP contribution is 2.40. The molecule has 4 aliphatic rings. The summed E-state index contributed by atoms with van der Waals surface area (Å²) in [5.41, 5.74) is 5.76. The lowest BCUT2D eigenvalue weighted by atomic mass is 9.88. The van der Waals surface area contributed by atoms with Gasteiger partial charge in [-0.25, -0.2) is 4.57 Å². The normalized spacial score (nSPS) is 17.8. The van der Waals surface area contributed by atoms with Crippen LogP contribution in [0.15, 0.2) is 85.5 Å². The van der Waals surface area contributed by atoms with Crippen molar-refractivity contribution < 1.29 is 29.6 Å². The number of benzene rings is 4. The first kappa shape index (κ1) is 51.1. The molecule has 390 valence electrons. The number of aromatic nitrogens is 5. The van der Waals surface area contributed by atoms with Crippen molar-refractivity contribution in [1.29, 1.82) is 5.26 Å². The third kappa shape index (κ3) is 10.8. The standard InChI is InChI=1S/C57H64ClN11O6/c1-4-51(72)68-28-27-67(34-42(68)15-21-59)53-43-20-26-66(48-10-6-8-39-7-5-9-46(58)52(39)48)35-47(43)60-56(61-53)75-30-29-64-22-18-40(19-23-64)55(73)65-24-16-38(17-25-65)31-37-11-13-41(14-12-37)69-54(62-63-57(69)74)45-32-44(36(2)3)49(70)33-50(45)71/h4-14,32-33,36,38,40,42,70-71H,1,15-20,22-31,34-35H2,2-3H3,(H,63,74)/t42-/m0/s1. The van der Waals surface area contributed by atoms with Gasteiger partial charge in [-0.05, 0) is 116 Å². The molecule has 6 aromatic rings.